The molecule has 0 unspecified atom stereocenters. The number of imide groups is 1. The van der Waals surface area contributed by atoms with Crippen molar-refractivity contribution in [1.82, 2.24) is 4.90 Å². The van der Waals surface area contributed by atoms with Gasteiger partial charge in [0.25, 0.3) is 17.7 Å². The maximum absolute atomic E-state index is 12.6. The Bertz CT molecular complexity index is 980. The van der Waals surface area contributed by atoms with Gasteiger partial charge in [-0.15, -0.1) is 0 Å². The number of carbonyl (C=O) groups excluding carboxylic acids is 4. The predicted molar refractivity (Wildman–Crippen MR) is 98.0 cm³/mol. The number of ether oxygens (including phenoxy) is 1. The number of nitrogens with one attached hydrogen (secondary N) is 1. The highest BCUT2D eigenvalue weighted by Crippen LogP contribution is 2.25. The summed E-state index contributed by atoms with van der Waals surface area (Å²) in [5.41, 5.74) is 2.29. The van der Waals surface area contributed by atoms with Gasteiger partial charge >= 0.3 is 5.97 Å². The van der Waals surface area contributed by atoms with Crippen LogP contribution in [-0.2, 0) is 4.74 Å². The van der Waals surface area contributed by atoms with Crippen LogP contribution < -0.4 is 5.32 Å². The standard InChI is InChI=1S/C20H18N2O5/c1-4-22-18(24)14-8-7-12(9-15(14)19(22)25)17(23)21-16-10-13(20(26)27-3)6-5-11(16)2/h5-10H,4H2,1-3H3,(H,21,23). The van der Waals surface area contributed by atoms with Gasteiger partial charge in [0.2, 0.25) is 0 Å². The lowest BCUT2D eigenvalue weighted by molar-refractivity contribution is 0.0598. The average Bonchev–Trinajstić information content (AvgIpc) is 2.92. The van der Waals surface area contributed by atoms with Crippen molar-refractivity contribution in [2.75, 3.05) is 19.0 Å². The summed E-state index contributed by atoms with van der Waals surface area (Å²) in [6.07, 6.45) is 0. The molecule has 0 atom stereocenters. The maximum atomic E-state index is 12.6. The molecular formula is C20H18N2O5. The van der Waals surface area contributed by atoms with Crippen molar-refractivity contribution < 1.29 is 23.9 Å². The zero-order valence-corrected chi connectivity index (χ0v) is 15.2. The number of fused-ring (bicyclic) bond motifs is 1. The molecule has 0 fully saturated rings. The molecule has 1 N–H and O–H groups in total. The topological polar surface area (TPSA) is 92.8 Å². The van der Waals surface area contributed by atoms with Gasteiger partial charge < -0.3 is 10.1 Å². The summed E-state index contributed by atoms with van der Waals surface area (Å²) in [4.78, 5) is 49.9. The van der Waals surface area contributed by atoms with Crippen molar-refractivity contribution in [2.45, 2.75) is 13.8 Å². The van der Waals surface area contributed by atoms with Crippen LogP contribution in [0.15, 0.2) is 36.4 Å². The number of nitrogens with zero attached hydrogens (tertiary/aromatic N) is 1. The van der Waals surface area contributed by atoms with Crippen LogP contribution in [0.5, 0.6) is 0 Å². The summed E-state index contributed by atoms with van der Waals surface area (Å²) in [5.74, 6) is -1.72. The van der Waals surface area contributed by atoms with Gasteiger partial charge in [-0.2, -0.15) is 0 Å². The summed E-state index contributed by atoms with van der Waals surface area (Å²) < 4.78 is 4.69. The second-order valence-electron chi connectivity index (χ2n) is 6.09. The Kier molecular flexibility index (Phi) is 4.77. The van der Waals surface area contributed by atoms with Crippen molar-refractivity contribution in [1.29, 1.82) is 0 Å². The first-order valence-corrected chi connectivity index (χ1v) is 8.38. The fourth-order valence-electron chi connectivity index (χ4n) is 2.92. The molecule has 7 nitrogen and oxygen atoms in total. The lowest BCUT2D eigenvalue weighted by Crippen LogP contribution is -2.29. The first-order chi connectivity index (χ1) is 12.9. The minimum absolute atomic E-state index is 0.217. The molecule has 2 aromatic carbocycles. The van der Waals surface area contributed by atoms with Gasteiger partial charge in [0, 0.05) is 17.8 Å². The molecule has 1 aliphatic rings. The number of rotatable bonds is 4. The van der Waals surface area contributed by atoms with Gasteiger partial charge in [-0.05, 0) is 49.7 Å². The summed E-state index contributed by atoms with van der Waals surface area (Å²) in [5, 5.41) is 2.73. The number of anilines is 1. The Morgan fingerprint density at radius 3 is 2.33 bits per heavy atom. The Morgan fingerprint density at radius 2 is 1.67 bits per heavy atom. The van der Waals surface area contributed by atoms with Crippen LogP contribution in [0.4, 0.5) is 5.69 Å². The number of amides is 3. The number of carbonyl (C=O) groups is 4. The van der Waals surface area contributed by atoms with Crippen molar-refractivity contribution in [3.8, 4) is 0 Å². The zero-order valence-electron chi connectivity index (χ0n) is 15.2. The number of aryl methyl sites for hydroxylation is 1. The minimum Gasteiger partial charge on any atom is -0.465 e. The molecule has 2 aromatic rings. The Hall–Kier alpha value is -3.48. The molecule has 3 rings (SSSR count). The van der Waals surface area contributed by atoms with Crippen LogP contribution in [0.3, 0.4) is 0 Å². The maximum Gasteiger partial charge on any atom is 0.337 e. The molecular weight excluding hydrogens is 348 g/mol. The Balaban J connectivity index is 1.89. The van der Waals surface area contributed by atoms with Gasteiger partial charge in [-0.25, -0.2) is 4.79 Å². The highest BCUT2D eigenvalue weighted by atomic mass is 16.5. The SMILES string of the molecule is CCN1C(=O)c2ccc(C(=O)Nc3cc(C(=O)OC)ccc3C)cc2C1=O. The van der Waals surface area contributed by atoms with Gasteiger partial charge in [-0.3, -0.25) is 19.3 Å². The molecule has 27 heavy (non-hydrogen) atoms. The van der Waals surface area contributed by atoms with E-state index in [1.807, 2.05) is 0 Å². The van der Waals surface area contributed by atoms with E-state index in [1.54, 1.807) is 26.0 Å². The third-order valence-corrected chi connectivity index (χ3v) is 4.46. The lowest BCUT2D eigenvalue weighted by Gasteiger charge is -2.10. The van der Waals surface area contributed by atoms with E-state index in [4.69, 9.17) is 0 Å². The number of benzene rings is 2. The monoisotopic (exact) mass is 366 g/mol. The van der Waals surface area contributed by atoms with E-state index in [-0.39, 0.29) is 23.6 Å². The summed E-state index contributed by atoms with van der Waals surface area (Å²) in [7, 11) is 1.28. The molecule has 0 radical (unpaired) electrons. The van der Waals surface area contributed by atoms with Crippen molar-refractivity contribution in [3.05, 3.63) is 64.2 Å². The van der Waals surface area contributed by atoms with Crippen LogP contribution >= 0.6 is 0 Å². The molecule has 3 amide bonds. The minimum atomic E-state index is -0.508. The van der Waals surface area contributed by atoms with E-state index in [9.17, 15) is 19.2 Å². The van der Waals surface area contributed by atoms with E-state index in [0.29, 0.717) is 16.8 Å². The molecule has 138 valence electrons. The smallest absolute Gasteiger partial charge is 0.337 e. The van der Waals surface area contributed by atoms with Crippen LogP contribution in [-0.4, -0.2) is 42.2 Å². The van der Waals surface area contributed by atoms with E-state index in [2.05, 4.69) is 10.1 Å². The summed E-state index contributed by atoms with van der Waals surface area (Å²) in [6.45, 7) is 3.78. The van der Waals surface area contributed by atoms with Gasteiger partial charge in [0.1, 0.15) is 0 Å². The number of methoxy groups -OCH3 is 1. The van der Waals surface area contributed by atoms with Crippen LogP contribution in [0, 0.1) is 6.92 Å². The fraction of sp³-hybridized carbons (Fsp3) is 0.200. The zero-order chi connectivity index (χ0) is 19.7. The third-order valence-electron chi connectivity index (χ3n) is 4.46. The normalized spacial score (nSPS) is 12.8. The first-order valence-electron chi connectivity index (χ1n) is 8.38. The fourth-order valence-corrected chi connectivity index (χ4v) is 2.92. The quantitative estimate of drug-likeness (QED) is 0.663. The Morgan fingerprint density at radius 1 is 1.00 bits per heavy atom. The van der Waals surface area contributed by atoms with Gasteiger partial charge in [0.15, 0.2) is 0 Å². The van der Waals surface area contributed by atoms with Crippen LogP contribution in [0.2, 0.25) is 0 Å². The predicted octanol–water partition coefficient (Wildman–Crippen LogP) is 2.65. The van der Waals surface area contributed by atoms with Crippen LogP contribution in [0.1, 0.15) is 53.9 Å². The second kappa shape index (κ2) is 7.03. The van der Waals surface area contributed by atoms with Crippen molar-refractivity contribution in [2.24, 2.45) is 0 Å². The first kappa shape index (κ1) is 18.3. The van der Waals surface area contributed by atoms with E-state index in [0.717, 1.165) is 10.5 Å². The number of esters is 1. The number of hydrogen-bond acceptors (Lipinski definition) is 5. The van der Waals surface area contributed by atoms with Crippen molar-refractivity contribution >= 4 is 29.4 Å². The van der Waals surface area contributed by atoms with Crippen LogP contribution in [0.25, 0.3) is 0 Å². The van der Waals surface area contributed by atoms with E-state index < -0.39 is 17.8 Å². The molecule has 0 saturated carbocycles. The molecule has 7 heteroatoms. The molecule has 0 aliphatic carbocycles. The van der Waals surface area contributed by atoms with Gasteiger partial charge in [0.05, 0.1) is 23.8 Å². The molecule has 0 saturated heterocycles. The van der Waals surface area contributed by atoms with E-state index in [1.165, 1.54) is 31.4 Å². The summed E-state index contributed by atoms with van der Waals surface area (Å²) >= 11 is 0. The molecule has 1 aliphatic heterocycles. The number of hydrogen-bond donors (Lipinski definition) is 1. The Labute approximate surface area is 155 Å². The highest BCUT2D eigenvalue weighted by Gasteiger charge is 2.34. The highest BCUT2D eigenvalue weighted by molar-refractivity contribution is 6.22. The molecule has 0 spiro atoms. The molecule has 0 bridgehead atoms. The second-order valence-corrected chi connectivity index (χ2v) is 6.09. The van der Waals surface area contributed by atoms with Crippen molar-refractivity contribution in [3.63, 3.8) is 0 Å². The van der Waals surface area contributed by atoms with Gasteiger partial charge in [-0.1, -0.05) is 6.07 Å². The third kappa shape index (κ3) is 3.19. The van der Waals surface area contributed by atoms with E-state index >= 15 is 0 Å². The summed E-state index contributed by atoms with van der Waals surface area (Å²) in [6, 6.07) is 9.23. The molecule has 0 aromatic heterocycles. The lowest BCUT2D eigenvalue weighted by atomic mass is 10.0. The average molecular weight is 366 g/mol. The largest absolute Gasteiger partial charge is 0.465 e. The molecule has 1 heterocycles.